The van der Waals surface area contributed by atoms with Crippen molar-refractivity contribution in [1.29, 1.82) is 0 Å². The Bertz CT molecular complexity index is 541. The van der Waals surface area contributed by atoms with Crippen molar-refractivity contribution in [2.45, 2.75) is 18.7 Å². The van der Waals surface area contributed by atoms with Gasteiger partial charge >= 0.3 is 0 Å². The zero-order valence-corrected chi connectivity index (χ0v) is 11.3. The highest BCUT2D eigenvalue weighted by Gasteiger charge is 2.06. The van der Waals surface area contributed by atoms with Crippen LogP contribution >= 0.6 is 11.8 Å². The van der Waals surface area contributed by atoms with Crippen molar-refractivity contribution < 1.29 is 4.39 Å². The van der Waals surface area contributed by atoms with Crippen LogP contribution in [0, 0.1) is 6.92 Å². The molecule has 0 bridgehead atoms. The van der Waals surface area contributed by atoms with Crippen molar-refractivity contribution in [2.75, 3.05) is 0 Å². The van der Waals surface area contributed by atoms with Crippen molar-refractivity contribution in [1.82, 2.24) is 0 Å². The predicted octanol–water partition coefficient (Wildman–Crippen LogP) is 5.45. The van der Waals surface area contributed by atoms with Crippen molar-refractivity contribution in [3.05, 3.63) is 70.9 Å². The number of thioether (sulfide) groups is 1. The Balaban J connectivity index is 2.20. The molecule has 0 radical (unpaired) electrons. The van der Waals surface area contributed by atoms with E-state index in [-0.39, 0.29) is 5.16 Å². The first-order valence-electron chi connectivity index (χ1n) is 5.83. The Morgan fingerprint density at radius 2 is 1.56 bits per heavy atom. The predicted molar refractivity (Wildman–Crippen MR) is 77.2 cm³/mol. The van der Waals surface area contributed by atoms with Crippen molar-refractivity contribution >= 4 is 17.3 Å². The molecule has 0 aliphatic rings. The van der Waals surface area contributed by atoms with Gasteiger partial charge in [0.1, 0.15) is 0 Å². The van der Waals surface area contributed by atoms with E-state index in [2.05, 4.69) is 0 Å². The third-order valence-electron chi connectivity index (χ3n) is 2.73. The van der Waals surface area contributed by atoms with Crippen LogP contribution in [0.4, 0.5) is 4.39 Å². The van der Waals surface area contributed by atoms with Gasteiger partial charge in [-0.2, -0.15) is 4.39 Å². The van der Waals surface area contributed by atoms with Crippen LogP contribution in [0.3, 0.4) is 0 Å². The van der Waals surface area contributed by atoms with E-state index in [0.717, 1.165) is 10.5 Å². The Morgan fingerprint density at radius 3 is 2.17 bits per heavy atom. The average Bonchev–Trinajstić information content (AvgIpc) is 2.41. The fourth-order valence-electron chi connectivity index (χ4n) is 1.59. The molecule has 0 atom stereocenters. The van der Waals surface area contributed by atoms with E-state index in [0.29, 0.717) is 5.57 Å². The van der Waals surface area contributed by atoms with Gasteiger partial charge in [-0.15, -0.1) is 0 Å². The topological polar surface area (TPSA) is 0 Å². The van der Waals surface area contributed by atoms with Crippen LogP contribution < -0.4 is 0 Å². The van der Waals surface area contributed by atoms with Crippen molar-refractivity contribution in [3.63, 3.8) is 0 Å². The lowest BCUT2D eigenvalue weighted by atomic mass is 10.1. The smallest absolute Gasteiger partial charge is 0.164 e. The molecule has 0 aliphatic carbocycles. The highest BCUT2D eigenvalue weighted by Crippen LogP contribution is 2.33. The molecule has 0 unspecified atom stereocenters. The highest BCUT2D eigenvalue weighted by molar-refractivity contribution is 8.03. The van der Waals surface area contributed by atoms with Gasteiger partial charge in [-0.05, 0) is 37.1 Å². The molecule has 92 valence electrons. The molecule has 0 spiro atoms. The van der Waals surface area contributed by atoms with Crippen LogP contribution in [0.25, 0.3) is 5.57 Å². The Morgan fingerprint density at radius 1 is 0.944 bits per heavy atom. The largest absolute Gasteiger partial charge is 0.199 e. The quantitative estimate of drug-likeness (QED) is 0.660. The monoisotopic (exact) mass is 258 g/mol. The fraction of sp³-hybridized carbons (Fsp3) is 0.125. The maximum Gasteiger partial charge on any atom is 0.164 e. The molecule has 2 aromatic rings. The Kier molecular flexibility index (Phi) is 4.21. The summed E-state index contributed by atoms with van der Waals surface area (Å²) in [5, 5.41) is -0.148. The zero-order valence-electron chi connectivity index (χ0n) is 10.5. The average molecular weight is 258 g/mol. The molecule has 2 aromatic carbocycles. The van der Waals surface area contributed by atoms with E-state index in [1.807, 2.05) is 68.4 Å². The molecular weight excluding hydrogens is 243 g/mol. The van der Waals surface area contributed by atoms with E-state index >= 15 is 0 Å². The molecule has 18 heavy (non-hydrogen) atoms. The number of allylic oxidation sites excluding steroid dienone is 1. The molecule has 0 amide bonds. The molecule has 0 heterocycles. The van der Waals surface area contributed by atoms with Crippen molar-refractivity contribution in [3.8, 4) is 0 Å². The standard InChI is InChI=1S/C16H15FS/c1-12-8-10-15(11-9-12)18-16(17)13(2)14-6-4-3-5-7-14/h3-11H,1-2H3/b16-13+. The molecule has 0 saturated carbocycles. The Labute approximate surface area is 112 Å². The first-order chi connectivity index (χ1) is 8.66. The fourth-order valence-corrected chi connectivity index (χ4v) is 2.34. The maximum absolute atomic E-state index is 14.1. The minimum Gasteiger partial charge on any atom is -0.199 e. The van der Waals surface area contributed by atoms with E-state index in [1.165, 1.54) is 17.3 Å². The summed E-state index contributed by atoms with van der Waals surface area (Å²) in [5.41, 5.74) is 2.79. The van der Waals surface area contributed by atoms with Gasteiger partial charge in [-0.3, -0.25) is 0 Å². The van der Waals surface area contributed by atoms with E-state index in [1.54, 1.807) is 0 Å². The summed E-state index contributed by atoms with van der Waals surface area (Å²) < 4.78 is 14.1. The van der Waals surface area contributed by atoms with E-state index in [4.69, 9.17) is 0 Å². The minimum atomic E-state index is -0.148. The Hall–Kier alpha value is -1.54. The number of halogens is 1. The number of benzene rings is 2. The second-order valence-corrected chi connectivity index (χ2v) is 5.21. The van der Waals surface area contributed by atoms with E-state index in [9.17, 15) is 4.39 Å². The summed E-state index contributed by atoms with van der Waals surface area (Å²) in [4.78, 5) is 0.924. The molecular formula is C16H15FS. The molecule has 0 nitrogen and oxygen atoms in total. The van der Waals surface area contributed by atoms with Crippen LogP contribution in [-0.2, 0) is 0 Å². The molecule has 0 saturated heterocycles. The number of hydrogen-bond acceptors (Lipinski definition) is 1. The summed E-state index contributed by atoms with van der Waals surface area (Å²) >= 11 is 1.17. The van der Waals surface area contributed by atoms with Gasteiger partial charge in [0.2, 0.25) is 0 Å². The van der Waals surface area contributed by atoms with Gasteiger partial charge in [0.05, 0.1) is 0 Å². The normalized spacial score (nSPS) is 12.2. The van der Waals surface area contributed by atoms with Gasteiger partial charge in [-0.25, -0.2) is 0 Å². The molecule has 0 aromatic heterocycles. The molecule has 0 fully saturated rings. The van der Waals surface area contributed by atoms with Crippen LogP contribution in [0.5, 0.6) is 0 Å². The number of aryl methyl sites for hydroxylation is 1. The lowest BCUT2D eigenvalue weighted by Crippen LogP contribution is -1.81. The molecule has 0 N–H and O–H groups in total. The van der Waals surface area contributed by atoms with E-state index < -0.39 is 0 Å². The van der Waals surface area contributed by atoms with Crippen LogP contribution in [0.1, 0.15) is 18.1 Å². The molecule has 0 aliphatic heterocycles. The van der Waals surface area contributed by atoms with Crippen molar-refractivity contribution in [2.24, 2.45) is 0 Å². The summed E-state index contributed by atoms with van der Waals surface area (Å²) in [6.07, 6.45) is 0. The van der Waals surface area contributed by atoms with Crippen LogP contribution in [-0.4, -0.2) is 0 Å². The first kappa shape index (κ1) is 12.9. The van der Waals surface area contributed by atoms with Crippen LogP contribution in [0.15, 0.2) is 64.7 Å². The summed E-state index contributed by atoms with van der Waals surface area (Å²) in [5.74, 6) is 0. The minimum absolute atomic E-state index is 0.148. The molecule has 2 rings (SSSR count). The lowest BCUT2D eigenvalue weighted by Gasteiger charge is -2.05. The first-order valence-corrected chi connectivity index (χ1v) is 6.65. The summed E-state index contributed by atoms with van der Waals surface area (Å²) in [6, 6.07) is 17.5. The zero-order chi connectivity index (χ0) is 13.0. The SMILES string of the molecule is C/C(=C(/F)Sc1ccc(C)cc1)c1ccccc1. The second-order valence-electron chi connectivity index (χ2n) is 4.18. The second kappa shape index (κ2) is 5.87. The maximum atomic E-state index is 14.1. The lowest BCUT2D eigenvalue weighted by molar-refractivity contribution is 0.701. The van der Waals surface area contributed by atoms with Gasteiger partial charge in [0, 0.05) is 4.90 Å². The highest BCUT2D eigenvalue weighted by atomic mass is 32.2. The molecule has 2 heteroatoms. The van der Waals surface area contributed by atoms with Gasteiger partial charge < -0.3 is 0 Å². The summed E-state index contributed by atoms with van der Waals surface area (Å²) in [7, 11) is 0. The van der Waals surface area contributed by atoms with Gasteiger partial charge in [0.15, 0.2) is 5.16 Å². The van der Waals surface area contributed by atoms with Gasteiger partial charge in [0.25, 0.3) is 0 Å². The van der Waals surface area contributed by atoms with Crippen LogP contribution in [0.2, 0.25) is 0 Å². The number of hydrogen-bond donors (Lipinski definition) is 0. The third kappa shape index (κ3) is 3.23. The third-order valence-corrected chi connectivity index (χ3v) is 3.72. The van der Waals surface area contributed by atoms with Gasteiger partial charge in [-0.1, -0.05) is 59.8 Å². The summed E-state index contributed by atoms with van der Waals surface area (Å²) in [6.45, 7) is 3.84. The number of rotatable bonds is 3.